The number of hydrogen-bond acceptors (Lipinski definition) is 4. The number of morpholine rings is 1. The minimum atomic E-state index is 0.0482. The molecule has 0 aromatic heterocycles. The number of carbonyl (C=O) groups excluding carboxylic acids is 1. The van der Waals surface area contributed by atoms with Gasteiger partial charge in [-0.05, 0) is 30.7 Å². The normalized spacial score (nSPS) is 15.0. The quantitative estimate of drug-likeness (QED) is 0.763. The van der Waals surface area contributed by atoms with Gasteiger partial charge in [-0.1, -0.05) is 54.1 Å². The van der Waals surface area contributed by atoms with Gasteiger partial charge in [-0.25, -0.2) is 0 Å². The van der Waals surface area contributed by atoms with E-state index in [0.29, 0.717) is 13.1 Å². The Bertz CT molecular complexity index is 737. The third-order valence-electron chi connectivity index (χ3n) is 5.01. The average Bonchev–Trinajstić information content (AvgIpc) is 2.70. The number of hydrogen-bond donors (Lipinski definition) is 1. The average molecular weight is 382 g/mol. The Kier molecular flexibility index (Phi) is 7.60. The van der Waals surface area contributed by atoms with Crippen molar-refractivity contribution in [3.63, 3.8) is 0 Å². The van der Waals surface area contributed by atoms with E-state index in [4.69, 9.17) is 4.74 Å². The summed E-state index contributed by atoms with van der Waals surface area (Å²) in [5.41, 5.74) is 4.90. The summed E-state index contributed by atoms with van der Waals surface area (Å²) < 4.78 is 5.39. The molecule has 0 unspecified atom stereocenters. The predicted molar refractivity (Wildman–Crippen MR) is 112 cm³/mol. The Morgan fingerprint density at radius 3 is 2.29 bits per heavy atom. The van der Waals surface area contributed by atoms with Crippen LogP contribution in [0.25, 0.3) is 0 Å². The minimum absolute atomic E-state index is 0.0482. The van der Waals surface area contributed by atoms with Crippen LogP contribution in [0.3, 0.4) is 0 Å². The first-order valence-corrected chi connectivity index (χ1v) is 9.97. The summed E-state index contributed by atoms with van der Waals surface area (Å²) in [6.45, 7) is 8.39. The zero-order chi connectivity index (χ0) is 19.8. The van der Waals surface area contributed by atoms with E-state index in [9.17, 15) is 4.79 Å². The maximum atomic E-state index is 12.2. The highest BCUT2D eigenvalue weighted by atomic mass is 16.5. The lowest BCUT2D eigenvalue weighted by Crippen LogP contribution is -2.35. The van der Waals surface area contributed by atoms with E-state index in [0.717, 1.165) is 45.0 Å². The van der Waals surface area contributed by atoms with Gasteiger partial charge in [0.15, 0.2) is 0 Å². The van der Waals surface area contributed by atoms with E-state index in [1.54, 1.807) is 0 Å². The maximum absolute atomic E-state index is 12.2. The van der Waals surface area contributed by atoms with Crippen LogP contribution < -0.4 is 5.32 Å². The predicted octanol–water partition coefficient (Wildman–Crippen LogP) is 2.58. The first-order valence-electron chi connectivity index (χ1n) is 9.97. The SMILES string of the molecule is Cc1ccc(CN(C)CC(=O)NCc2ccc(CN3CCOCC3)cc2)cc1. The molecule has 0 atom stereocenters. The molecule has 0 saturated carbocycles. The lowest BCUT2D eigenvalue weighted by Gasteiger charge is -2.26. The fourth-order valence-corrected chi connectivity index (χ4v) is 3.34. The zero-order valence-electron chi connectivity index (χ0n) is 17.0. The summed E-state index contributed by atoms with van der Waals surface area (Å²) >= 11 is 0. The molecule has 1 aliphatic heterocycles. The van der Waals surface area contributed by atoms with Crippen LogP contribution in [-0.2, 0) is 29.2 Å². The number of amides is 1. The third kappa shape index (κ3) is 6.75. The molecule has 28 heavy (non-hydrogen) atoms. The number of ether oxygens (including phenoxy) is 1. The molecule has 1 fully saturated rings. The van der Waals surface area contributed by atoms with E-state index in [-0.39, 0.29) is 5.91 Å². The second-order valence-electron chi connectivity index (χ2n) is 7.64. The summed E-state index contributed by atoms with van der Waals surface area (Å²) in [6, 6.07) is 16.9. The highest BCUT2D eigenvalue weighted by Crippen LogP contribution is 2.09. The van der Waals surface area contributed by atoms with Gasteiger partial charge in [-0.3, -0.25) is 14.6 Å². The topological polar surface area (TPSA) is 44.8 Å². The largest absolute Gasteiger partial charge is 0.379 e. The van der Waals surface area contributed by atoms with E-state index in [1.165, 1.54) is 16.7 Å². The van der Waals surface area contributed by atoms with Gasteiger partial charge >= 0.3 is 0 Å². The number of nitrogens with zero attached hydrogens (tertiary/aromatic N) is 2. The monoisotopic (exact) mass is 381 g/mol. The summed E-state index contributed by atoms with van der Waals surface area (Å²) in [5, 5.41) is 3.02. The molecule has 2 aromatic carbocycles. The molecule has 5 nitrogen and oxygen atoms in total. The molecule has 1 saturated heterocycles. The van der Waals surface area contributed by atoms with Gasteiger partial charge in [0.2, 0.25) is 5.91 Å². The van der Waals surface area contributed by atoms with Crippen molar-refractivity contribution in [3.8, 4) is 0 Å². The van der Waals surface area contributed by atoms with E-state index >= 15 is 0 Å². The van der Waals surface area contributed by atoms with Crippen LogP contribution in [0.1, 0.15) is 22.3 Å². The highest BCUT2D eigenvalue weighted by Gasteiger charge is 2.11. The summed E-state index contributed by atoms with van der Waals surface area (Å²) in [5.74, 6) is 0.0482. The molecule has 1 heterocycles. The molecule has 2 aromatic rings. The third-order valence-corrected chi connectivity index (χ3v) is 5.01. The molecule has 1 N–H and O–H groups in total. The zero-order valence-corrected chi connectivity index (χ0v) is 17.0. The van der Waals surface area contributed by atoms with Gasteiger partial charge in [-0.15, -0.1) is 0 Å². The highest BCUT2D eigenvalue weighted by molar-refractivity contribution is 5.77. The van der Waals surface area contributed by atoms with Crippen LogP contribution in [-0.4, -0.2) is 55.6 Å². The van der Waals surface area contributed by atoms with Crippen molar-refractivity contribution in [3.05, 3.63) is 70.8 Å². The van der Waals surface area contributed by atoms with E-state index in [1.807, 2.05) is 11.9 Å². The Hall–Kier alpha value is -2.21. The van der Waals surface area contributed by atoms with Crippen molar-refractivity contribution in [2.75, 3.05) is 39.9 Å². The van der Waals surface area contributed by atoms with Gasteiger partial charge < -0.3 is 10.1 Å². The van der Waals surface area contributed by atoms with Crippen LogP contribution in [0.2, 0.25) is 0 Å². The Morgan fingerprint density at radius 1 is 1.00 bits per heavy atom. The van der Waals surface area contributed by atoms with Gasteiger partial charge in [0, 0.05) is 32.7 Å². The van der Waals surface area contributed by atoms with Crippen LogP contribution in [0.4, 0.5) is 0 Å². The number of benzene rings is 2. The van der Waals surface area contributed by atoms with Gasteiger partial charge in [0.05, 0.1) is 19.8 Å². The summed E-state index contributed by atoms with van der Waals surface area (Å²) in [4.78, 5) is 16.7. The number of rotatable bonds is 8. The molecule has 0 bridgehead atoms. The molecule has 1 aliphatic rings. The van der Waals surface area contributed by atoms with Crippen LogP contribution in [0.15, 0.2) is 48.5 Å². The van der Waals surface area contributed by atoms with Crippen molar-refractivity contribution in [1.82, 2.24) is 15.1 Å². The lowest BCUT2D eigenvalue weighted by atomic mass is 10.1. The summed E-state index contributed by atoms with van der Waals surface area (Å²) in [7, 11) is 1.97. The molecule has 1 amide bonds. The first kappa shape index (κ1) is 20.5. The Labute approximate surface area is 168 Å². The van der Waals surface area contributed by atoms with Crippen molar-refractivity contribution < 1.29 is 9.53 Å². The molecule has 0 radical (unpaired) electrons. The van der Waals surface area contributed by atoms with Crippen molar-refractivity contribution in [2.45, 2.75) is 26.6 Å². The van der Waals surface area contributed by atoms with Crippen molar-refractivity contribution in [2.24, 2.45) is 0 Å². The Morgan fingerprint density at radius 2 is 1.61 bits per heavy atom. The maximum Gasteiger partial charge on any atom is 0.234 e. The van der Waals surface area contributed by atoms with E-state index in [2.05, 4.69) is 65.7 Å². The van der Waals surface area contributed by atoms with E-state index < -0.39 is 0 Å². The molecule has 150 valence electrons. The molecular formula is C23H31N3O2. The molecule has 0 aliphatic carbocycles. The molecule has 3 rings (SSSR count). The fourth-order valence-electron chi connectivity index (χ4n) is 3.34. The van der Waals surface area contributed by atoms with Gasteiger partial charge in [0.1, 0.15) is 0 Å². The van der Waals surface area contributed by atoms with Gasteiger partial charge in [-0.2, -0.15) is 0 Å². The second-order valence-corrected chi connectivity index (χ2v) is 7.64. The number of nitrogens with one attached hydrogen (secondary N) is 1. The second kappa shape index (κ2) is 10.4. The number of carbonyl (C=O) groups is 1. The number of aryl methyl sites for hydroxylation is 1. The molecular weight excluding hydrogens is 350 g/mol. The molecule has 5 heteroatoms. The smallest absolute Gasteiger partial charge is 0.234 e. The lowest BCUT2D eigenvalue weighted by molar-refractivity contribution is -0.122. The standard InChI is InChI=1S/C23H31N3O2/c1-19-3-5-21(6-4-19)16-25(2)18-23(27)24-15-20-7-9-22(10-8-20)17-26-11-13-28-14-12-26/h3-10H,11-18H2,1-2H3,(H,24,27). The number of likely N-dealkylation sites (N-methyl/N-ethyl adjacent to an activating group) is 1. The van der Waals surface area contributed by atoms with Crippen LogP contribution in [0, 0.1) is 6.92 Å². The first-order chi connectivity index (χ1) is 13.6. The fraction of sp³-hybridized carbons (Fsp3) is 0.435. The molecule has 0 spiro atoms. The Balaban J connectivity index is 1.39. The van der Waals surface area contributed by atoms with Crippen molar-refractivity contribution in [1.29, 1.82) is 0 Å². The van der Waals surface area contributed by atoms with Gasteiger partial charge in [0.25, 0.3) is 0 Å². The minimum Gasteiger partial charge on any atom is -0.379 e. The van der Waals surface area contributed by atoms with Crippen LogP contribution >= 0.6 is 0 Å². The summed E-state index contributed by atoms with van der Waals surface area (Å²) in [6.07, 6.45) is 0. The van der Waals surface area contributed by atoms with Crippen molar-refractivity contribution >= 4 is 5.91 Å². The van der Waals surface area contributed by atoms with Crippen LogP contribution in [0.5, 0.6) is 0 Å².